The zero-order valence-electron chi connectivity index (χ0n) is 9.67. The third-order valence-electron chi connectivity index (χ3n) is 3.20. The Morgan fingerprint density at radius 1 is 1.25 bits per heavy atom. The number of halogens is 1. The Kier molecular flexibility index (Phi) is 4.41. The predicted molar refractivity (Wildman–Crippen MR) is 77.5 cm³/mol. The fourth-order valence-corrected chi connectivity index (χ4v) is 3.07. The number of hydrogen-bond donors (Lipinski definition) is 1. The highest BCUT2D eigenvalue weighted by molar-refractivity contribution is 14.1. The first-order chi connectivity index (χ1) is 7.83. The molecule has 16 heavy (non-hydrogen) atoms. The first-order valence-electron chi connectivity index (χ1n) is 5.93. The van der Waals surface area contributed by atoms with Gasteiger partial charge in [-0.3, -0.25) is 0 Å². The van der Waals surface area contributed by atoms with Crippen LogP contribution >= 0.6 is 22.6 Å². The second-order valence-electron chi connectivity index (χ2n) is 4.27. The van der Waals surface area contributed by atoms with E-state index in [9.17, 15) is 0 Å². The molecule has 0 spiro atoms. The predicted octanol–water partition coefficient (Wildman–Crippen LogP) is 4.05. The molecule has 0 fully saturated rings. The Hall–Kier alpha value is -0.350. The van der Waals surface area contributed by atoms with Gasteiger partial charge in [0.25, 0.3) is 0 Å². The lowest BCUT2D eigenvalue weighted by atomic mass is 9.90. The molecule has 1 unspecified atom stereocenters. The van der Waals surface area contributed by atoms with Crippen LogP contribution < -0.4 is 5.32 Å². The molecule has 1 nitrogen and oxygen atoms in total. The molecular weight excluding hydrogens is 309 g/mol. The molecule has 2 heteroatoms. The van der Waals surface area contributed by atoms with Gasteiger partial charge >= 0.3 is 0 Å². The maximum Gasteiger partial charge on any atom is 0.0544 e. The summed E-state index contributed by atoms with van der Waals surface area (Å²) in [4.78, 5) is 0. The Balaban J connectivity index is 2.28. The number of rotatable bonds is 3. The Bertz CT molecular complexity index is 384. The van der Waals surface area contributed by atoms with Crippen LogP contribution in [-0.4, -0.2) is 7.05 Å². The van der Waals surface area contributed by atoms with Gasteiger partial charge in [-0.25, -0.2) is 0 Å². The van der Waals surface area contributed by atoms with Gasteiger partial charge in [0, 0.05) is 3.57 Å². The quantitative estimate of drug-likeness (QED) is 0.652. The second kappa shape index (κ2) is 5.82. The lowest BCUT2D eigenvalue weighted by Crippen LogP contribution is -2.20. The first-order valence-corrected chi connectivity index (χ1v) is 7.01. The number of nitrogens with one attached hydrogen (secondary N) is 1. The van der Waals surface area contributed by atoms with Gasteiger partial charge in [-0.1, -0.05) is 29.8 Å². The summed E-state index contributed by atoms with van der Waals surface area (Å²) in [6.07, 6.45) is 7.61. The van der Waals surface area contributed by atoms with E-state index in [1.165, 1.54) is 34.8 Å². The summed E-state index contributed by atoms with van der Waals surface area (Å²) in [5, 5.41) is 3.46. The van der Waals surface area contributed by atoms with Crippen molar-refractivity contribution in [1.29, 1.82) is 0 Å². The van der Waals surface area contributed by atoms with Crippen molar-refractivity contribution in [1.82, 2.24) is 5.32 Å². The summed E-state index contributed by atoms with van der Waals surface area (Å²) in [5.41, 5.74) is 2.98. The molecule has 1 N–H and O–H groups in total. The van der Waals surface area contributed by atoms with Gasteiger partial charge in [-0.05, 0) is 67.0 Å². The lowest BCUT2D eigenvalue weighted by Gasteiger charge is -2.24. The van der Waals surface area contributed by atoms with Crippen molar-refractivity contribution < 1.29 is 0 Å². The average Bonchev–Trinajstić information content (AvgIpc) is 2.34. The topological polar surface area (TPSA) is 12.0 Å². The van der Waals surface area contributed by atoms with Crippen molar-refractivity contribution >= 4 is 22.6 Å². The van der Waals surface area contributed by atoms with Crippen LogP contribution in [-0.2, 0) is 0 Å². The molecule has 2 rings (SSSR count). The molecule has 1 aliphatic rings. The lowest BCUT2D eigenvalue weighted by molar-refractivity contribution is 0.591. The Morgan fingerprint density at radius 3 is 2.69 bits per heavy atom. The molecule has 0 saturated heterocycles. The van der Waals surface area contributed by atoms with E-state index in [2.05, 4.69) is 65.3 Å². The van der Waals surface area contributed by atoms with Crippen molar-refractivity contribution in [2.75, 3.05) is 7.05 Å². The van der Waals surface area contributed by atoms with Gasteiger partial charge in [-0.2, -0.15) is 0 Å². The number of benzene rings is 1. The minimum Gasteiger partial charge on any atom is -0.310 e. The summed E-state index contributed by atoms with van der Waals surface area (Å²) >= 11 is 2.43. The standard InChI is InChI=1S/C14H18IN/c1-16-14(11-7-3-2-4-8-11)12-9-5-6-10-13(12)15/h5-7,9-10,14,16H,2-4,8H2,1H3. The highest BCUT2D eigenvalue weighted by atomic mass is 127. The third kappa shape index (κ3) is 2.66. The van der Waals surface area contributed by atoms with Gasteiger partial charge in [0.15, 0.2) is 0 Å². The highest BCUT2D eigenvalue weighted by Gasteiger charge is 2.17. The summed E-state index contributed by atoms with van der Waals surface area (Å²) in [7, 11) is 2.06. The van der Waals surface area contributed by atoms with Gasteiger partial charge < -0.3 is 5.32 Å². The van der Waals surface area contributed by atoms with Crippen molar-refractivity contribution in [2.45, 2.75) is 31.7 Å². The second-order valence-corrected chi connectivity index (χ2v) is 5.43. The summed E-state index contributed by atoms with van der Waals surface area (Å²) in [6, 6.07) is 9.06. The molecule has 0 amide bonds. The van der Waals surface area contributed by atoms with Crippen LogP contribution in [0.15, 0.2) is 35.9 Å². The van der Waals surface area contributed by atoms with Gasteiger partial charge in [0.2, 0.25) is 0 Å². The zero-order chi connectivity index (χ0) is 11.4. The summed E-state index contributed by atoms with van der Waals surface area (Å²) < 4.78 is 1.35. The smallest absolute Gasteiger partial charge is 0.0544 e. The molecule has 0 heterocycles. The largest absolute Gasteiger partial charge is 0.310 e. The van der Waals surface area contributed by atoms with E-state index >= 15 is 0 Å². The molecule has 86 valence electrons. The molecule has 1 aromatic carbocycles. The molecular formula is C14H18IN. The molecule has 1 aromatic rings. The fourth-order valence-electron chi connectivity index (χ4n) is 2.38. The molecule has 0 bridgehead atoms. The number of likely N-dealkylation sites (N-methyl/N-ethyl adjacent to an activating group) is 1. The van der Waals surface area contributed by atoms with Crippen LogP contribution in [0, 0.1) is 3.57 Å². The average molecular weight is 327 g/mol. The van der Waals surface area contributed by atoms with E-state index < -0.39 is 0 Å². The maximum atomic E-state index is 3.46. The summed E-state index contributed by atoms with van der Waals surface area (Å²) in [5.74, 6) is 0. The van der Waals surface area contributed by atoms with Crippen LogP contribution in [0.3, 0.4) is 0 Å². The fraction of sp³-hybridized carbons (Fsp3) is 0.429. The van der Waals surface area contributed by atoms with E-state index in [0.717, 1.165) is 0 Å². The molecule has 0 aromatic heterocycles. The van der Waals surface area contributed by atoms with Crippen LogP contribution in [0.2, 0.25) is 0 Å². The van der Waals surface area contributed by atoms with Gasteiger partial charge in [-0.15, -0.1) is 0 Å². The molecule has 0 radical (unpaired) electrons. The number of hydrogen-bond acceptors (Lipinski definition) is 1. The Morgan fingerprint density at radius 2 is 2.06 bits per heavy atom. The number of allylic oxidation sites excluding steroid dienone is 1. The first kappa shape index (κ1) is 12.1. The third-order valence-corrected chi connectivity index (χ3v) is 4.18. The minimum absolute atomic E-state index is 0.411. The molecule has 0 saturated carbocycles. The Labute approximate surface area is 111 Å². The van der Waals surface area contributed by atoms with E-state index in [1.54, 1.807) is 5.57 Å². The van der Waals surface area contributed by atoms with Crippen molar-refractivity contribution in [3.05, 3.63) is 45.0 Å². The highest BCUT2D eigenvalue weighted by Crippen LogP contribution is 2.31. The van der Waals surface area contributed by atoms with Crippen LogP contribution in [0.4, 0.5) is 0 Å². The summed E-state index contributed by atoms with van der Waals surface area (Å²) in [6.45, 7) is 0. The monoisotopic (exact) mass is 327 g/mol. The molecule has 1 atom stereocenters. The van der Waals surface area contributed by atoms with Crippen LogP contribution in [0.25, 0.3) is 0 Å². The van der Waals surface area contributed by atoms with E-state index in [4.69, 9.17) is 0 Å². The molecule has 1 aliphatic carbocycles. The van der Waals surface area contributed by atoms with E-state index in [0.29, 0.717) is 6.04 Å². The van der Waals surface area contributed by atoms with Gasteiger partial charge in [0.05, 0.1) is 6.04 Å². The minimum atomic E-state index is 0.411. The van der Waals surface area contributed by atoms with Crippen LogP contribution in [0.1, 0.15) is 37.3 Å². The normalized spacial score (nSPS) is 18.0. The van der Waals surface area contributed by atoms with E-state index in [1.807, 2.05) is 0 Å². The van der Waals surface area contributed by atoms with Crippen molar-refractivity contribution in [2.24, 2.45) is 0 Å². The molecule has 0 aliphatic heterocycles. The van der Waals surface area contributed by atoms with Crippen LogP contribution in [0.5, 0.6) is 0 Å². The van der Waals surface area contributed by atoms with Gasteiger partial charge in [0.1, 0.15) is 0 Å². The van der Waals surface area contributed by atoms with Crippen molar-refractivity contribution in [3.63, 3.8) is 0 Å². The van der Waals surface area contributed by atoms with Crippen molar-refractivity contribution in [3.8, 4) is 0 Å². The zero-order valence-corrected chi connectivity index (χ0v) is 11.8. The maximum absolute atomic E-state index is 3.46. The van der Waals surface area contributed by atoms with E-state index in [-0.39, 0.29) is 0 Å². The SMILES string of the molecule is CNC(C1=CCCCC1)c1ccccc1I.